The van der Waals surface area contributed by atoms with E-state index in [1.807, 2.05) is 13.0 Å². The third-order valence-electron chi connectivity index (χ3n) is 2.99. The molecule has 0 radical (unpaired) electrons. The number of nitrogens with zero attached hydrogens (tertiary/aromatic N) is 2. The van der Waals surface area contributed by atoms with Crippen molar-refractivity contribution in [3.05, 3.63) is 60.3 Å². The van der Waals surface area contributed by atoms with Gasteiger partial charge < -0.3 is 4.52 Å². The first-order valence-corrected chi connectivity index (χ1v) is 5.87. The molecule has 0 aliphatic rings. The summed E-state index contributed by atoms with van der Waals surface area (Å²) in [6.07, 6.45) is 5.18. The zero-order valence-electron chi connectivity index (χ0n) is 10.3. The Labute approximate surface area is 109 Å². The molecular formula is C15H11FN2O. The van der Waals surface area contributed by atoms with Crippen molar-refractivity contribution in [2.45, 2.75) is 6.92 Å². The second kappa shape index (κ2) is 4.65. The van der Waals surface area contributed by atoms with E-state index in [9.17, 15) is 4.39 Å². The van der Waals surface area contributed by atoms with Crippen LogP contribution >= 0.6 is 0 Å². The van der Waals surface area contributed by atoms with Gasteiger partial charge >= 0.3 is 0 Å². The second-order valence-corrected chi connectivity index (χ2v) is 4.27. The number of rotatable bonds is 2. The number of hydrogen-bond donors (Lipinski definition) is 0. The monoisotopic (exact) mass is 254 g/mol. The Hall–Kier alpha value is -2.49. The van der Waals surface area contributed by atoms with Crippen LogP contribution in [0, 0.1) is 12.7 Å². The summed E-state index contributed by atoms with van der Waals surface area (Å²) in [5.74, 6) is 0.360. The third kappa shape index (κ3) is 2.12. The standard InChI is InChI=1S/C15H11FN2O/c1-10-8-17-7-6-13(10)14-9-18-19-15(14)11-2-4-12(16)5-3-11/h2-9H,1H3. The van der Waals surface area contributed by atoms with Gasteiger partial charge in [0.05, 0.1) is 6.20 Å². The van der Waals surface area contributed by atoms with Gasteiger partial charge in [0, 0.05) is 23.5 Å². The summed E-state index contributed by atoms with van der Waals surface area (Å²) in [5.41, 5.74) is 3.72. The minimum Gasteiger partial charge on any atom is -0.356 e. The van der Waals surface area contributed by atoms with Crippen LogP contribution in [0.15, 0.2) is 53.4 Å². The Balaban J connectivity index is 2.13. The third-order valence-corrected chi connectivity index (χ3v) is 2.99. The molecule has 3 aromatic rings. The van der Waals surface area contributed by atoms with E-state index in [4.69, 9.17) is 4.52 Å². The summed E-state index contributed by atoms with van der Waals surface area (Å²) < 4.78 is 18.3. The van der Waals surface area contributed by atoms with E-state index in [0.717, 1.165) is 22.3 Å². The van der Waals surface area contributed by atoms with Crippen molar-refractivity contribution in [3.8, 4) is 22.5 Å². The number of benzene rings is 1. The van der Waals surface area contributed by atoms with Crippen molar-refractivity contribution < 1.29 is 8.91 Å². The molecule has 0 N–H and O–H groups in total. The van der Waals surface area contributed by atoms with Crippen molar-refractivity contribution >= 4 is 0 Å². The molecular weight excluding hydrogens is 243 g/mol. The average molecular weight is 254 g/mol. The summed E-state index contributed by atoms with van der Waals surface area (Å²) in [7, 11) is 0. The van der Waals surface area contributed by atoms with Gasteiger partial charge in [-0.15, -0.1) is 0 Å². The van der Waals surface area contributed by atoms with Gasteiger partial charge in [-0.2, -0.15) is 0 Å². The minimum absolute atomic E-state index is 0.273. The van der Waals surface area contributed by atoms with Crippen LogP contribution in [0.4, 0.5) is 4.39 Å². The predicted octanol–water partition coefficient (Wildman–Crippen LogP) is 3.85. The molecule has 3 rings (SSSR count). The van der Waals surface area contributed by atoms with E-state index in [1.165, 1.54) is 12.1 Å². The maximum atomic E-state index is 13.0. The van der Waals surface area contributed by atoms with Crippen LogP contribution in [0.1, 0.15) is 5.56 Å². The maximum absolute atomic E-state index is 13.0. The number of pyridine rings is 1. The van der Waals surface area contributed by atoms with E-state index >= 15 is 0 Å². The fourth-order valence-electron chi connectivity index (χ4n) is 2.02. The summed E-state index contributed by atoms with van der Waals surface area (Å²) in [4.78, 5) is 4.07. The lowest BCUT2D eigenvalue weighted by molar-refractivity contribution is 0.432. The van der Waals surface area contributed by atoms with Gasteiger partial charge in [0.1, 0.15) is 5.82 Å². The zero-order valence-corrected chi connectivity index (χ0v) is 10.3. The van der Waals surface area contributed by atoms with Crippen molar-refractivity contribution in [2.75, 3.05) is 0 Å². The van der Waals surface area contributed by atoms with Crippen LogP contribution in [-0.4, -0.2) is 10.1 Å². The lowest BCUT2D eigenvalue weighted by Crippen LogP contribution is -1.85. The van der Waals surface area contributed by atoms with Crippen LogP contribution in [0.3, 0.4) is 0 Å². The molecule has 2 heterocycles. The molecule has 2 aromatic heterocycles. The lowest BCUT2D eigenvalue weighted by atomic mass is 10.0. The highest BCUT2D eigenvalue weighted by Gasteiger charge is 2.14. The zero-order chi connectivity index (χ0) is 13.2. The molecule has 0 aliphatic carbocycles. The van der Waals surface area contributed by atoms with Gasteiger partial charge in [-0.05, 0) is 48.4 Å². The van der Waals surface area contributed by atoms with Crippen molar-refractivity contribution in [1.29, 1.82) is 0 Å². The van der Waals surface area contributed by atoms with Crippen LogP contribution < -0.4 is 0 Å². The van der Waals surface area contributed by atoms with Crippen LogP contribution in [0.25, 0.3) is 22.5 Å². The molecule has 3 nitrogen and oxygen atoms in total. The fraction of sp³-hybridized carbons (Fsp3) is 0.0667. The van der Waals surface area contributed by atoms with E-state index in [-0.39, 0.29) is 5.82 Å². The molecule has 0 fully saturated rings. The molecule has 0 saturated heterocycles. The van der Waals surface area contributed by atoms with E-state index < -0.39 is 0 Å². The molecule has 0 atom stereocenters. The Kier molecular flexibility index (Phi) is 2.83. The first-order valence-electron chi connectivity index (χ1n) is 5.87. The van der Waals surface area contributed by atoms with E-state index in [2.05, 4.69) is 10.1 Å². The number of hydrogen-bond acceptors (Lipinski definition) is 3. The van der Waals surface area contributed by atoms with Gasteiger partial charge in [-0.25, -0.2) is 4.39 Å². The molecule has 1 aromatic carbocycles. The summed E-state index contributed by atoms with van der Waals surface area (Å²) in [6.45, 7) is 1.98. The van der Waals surface area contributed by atoms with Gasteiger partial charge in [0.15, 0.2) is 5.76 Å². The number of halogens is 1. The van der Waals surface area contributed by atoms with Crippen LogP contribution in [0.5, 0.6) is 0 Å². The maximum Gasteiger partial charge on any atom is 0.174 e. The van der Waals surface area contributed by atoms with E-state index in [0.29, 0.717) is 5.76 Å². The molecule has 0 unspecified atom stereocenters. The number of aryl methyl sites for hydroxylation is 1. The van der Waals surface area contributed by atoms with Gasteiger partial charge in [0.25, 0.3) is 0 Å². The van der Waals surface area contributed by atoms with Crippen LogP contribution in [0.2, 0.25) is 0 Å². The Morgan fingerprint density at radius 2 is 1.79 bits per heavy atom. The summed E-state index contributed by atoms with van der Waals surface area (Å²) >= 11 is 0. The topological polar surface area (TPSA) is 38.9 Å². The predicted molar refractivity (Wildman–Crippen MR) is 69.9 cm³/mol. The van der Waals surface area contributed by atoms with Gasteiger partial charge in [-0.3, -0.25) is 4.98 Å². The minimum atomic E-state index is -0.273. The molecule has 0 amide bonds. The van der Waals surface area contributed by atoms with E-state index in [1.54, 1.807) is 30.7 Å². The highest BCUT2D eigenvalue weighted by Crippen LogP contribution is 2.33. The van der Waals surface area contributed by atoms with Gasteiger partial charge in [0.2, 0.25) is 0 Å². The lowest BCUT2D eigenvalue weighted by Gasteiger charge is -2.04. The summed E-state index contributed by atoms with van der Waals surface area (Å²) in [6, 6.07) is 8.07. The smallest absolute Gasteiger partial charge is 0.174 e. The second-order valence-electron chi connectivity index (χ2n) is 4.27. The van der Waals surface area contributed by atoms with Gasteiger partial charge in [-0.1, -0.05) is 5.16 Å². The molecule has 0 aliphatic heterocycles. The molecule has 19 heavy (non-hydrogen) atoms. The molecule has 0 bridgehead atoms. The molecule has 4 heteroatoms. The van der Waals surface area contributed by atoms with Crippen molar-refractivity contribution in [1.82, 2.24) is 10.1 Å². The highest BCUT2D eigenvalue weighted by atomic mass is 19.1. The molecule has 0 saturated carbocycles. The summed E-state index contributed by atoms with van der Waals surface area (Å²) in [5, 5.41) is 3.85. The Morgan fingerprint density at radius 3 is 2.53 bits per heavy atom. The highest BCUT2D eigenvalue weighted by molar-refractivity contribution is 5.80. The first kappa shape index (κ1) is 11.6. The Bertz CT molecular complexity index is 704. The van der Waals surface area contributed by atoms with Crippen molar-refractivity contribution in [3.63, 3.8) is 0 Å². The largest absolute Gasteiger partial charge is 0.356 e. The van der Waals surface area contributed by atoms with Crippen LogP contribution in [-0.2, 0) is 0 Å². The first-order chi connectivity index (χ1) is 9.25. The molecule has 0 spiro atoms. The SMILES string of the molecule is Cc1cnccc1-c1cnoc1-c1ccc(F)cc1. The fourth-order valence-corrected chi connectivity index (χ4v) is 2.02. The normalized spacial score (nSPS) is 10.6. The van der Waals surface area contributed by atoms with Crippen molar-refractivity contribution in [2.24, 2.45) is 0 Å². The molecule has 94 valence electrons. The quantitative estimate of drug-likeness (QED) is 0.697. The average Bonchev–Trinajstić information content (AvgIpc) is 2.89. The Morgan fingerprint density at radius 1 is 1.00 bits per heavy atom. The number of aromatic nitrogens is 2.